The normalized spacial score (nSPS) is 15.7. The van der Waals surface area contributed by atoms with E-state index in [0.717, 1.165) is 16.9 Å². The van der Waals surface area contributed by atoms with Crippen molar-refractivity contribution in [2.75, 3.05) is 5.32 Å². The minimum atomic E-state index is -0.202. The van der Waals surface area contributed by atoms with Crippen molar-refractivity contribution in [2.24, 2.45) is 0 Å². The first-order chi connectivity index (χ1) is 10.2. The van der Waals surface area contributed by atoms with Crippen molar-refractivity contribution in [2.45, 2.75) is 0 Å². The molecule has 2 aromatic carbocycles. The van der Waals surface area contributed by atoms with Crippen LogP contribution in [0.2, 0.25) is 0 Å². The summed E-state index contributed by atoms with van der Waals surface area (Å²) in [5.41, 5.74) is 3.41. The highest BCUT2D eigenvalue weighted by molar-refractivity contribution is 7.80. The number of hydrogen-bond acceptors (Lipinski definition) is 3. The second-order valence-corrected chi connectivity index (χ2v) is 4.99. The van der Waals surface area contributed by atoms with Crippen LogP contribution in [0.25, 0.3) is 6.08 Å². The Morgan fingerprint density at radius 1 is 0.905 bits per heavy atom. The third kappa shape index (κ3) is 3.27. The second-order valence-electron chi connectivity index (χ2n) is 4.58. The van der Waals surface area contributed by atoms with E-state index >= 15 is 0 Å². The van der Waals surface area contributed by atoms with Crippen molar-refractivity contribution < 1.29 is 4.79 Å². The quantitative estimate of drug-likeness (QED) is 0.602. The van der Waals surface area contributed by atoms with Crippen molar-refractivity contribution in [3.8, 4) is 0 Å². The predicted octanol–water partition coefficient (Wildman–Crippen LogP) is 2.78. The van der Waals surface area contributed by atoms with Crippen LogP contribution >= 0.6 is 12.2 Å². The van der Waals surface area contributed by atoms with Crippen LogP contribution in [0.15, 0.2) is 60.3 Å². The molecule has 0 saturated carbocycles. The van der Waals surface area contributed by atoms with E-state index < -0.39 is 0 Å². The SMILES string of the molecule is O=C1NC(=S)N/C1=C\c1ccc(Nc2ccccc2)cc1. The molecule has 2 aromatic rings. The van der Waals surface area contributed by atoms with Crippen molar-refractivity contribution in [1.82, 2.24) is 10.6 Å². The molecule has 1 fully saturated rings. The predicted molar refractivity (Wildman–Crippen MR) is 88.0 cm³/mol. The van der Waals surface area contributed by atoms with E-state index in [4.69, 9.17) is 12.2 Å². The molecule has 1 saturated heterocycles. The molecular formula is C16H13N3OS. The van der Waals surface area contributed by atoms with Gasteiger partial charge in [0.25, 0.3) is 5.91 Å². The summed E-state index contributed by atoms with van der Waals surface area (Å²) in [5, 5.41) is 9.00. The summed E-state index contributed by atoms with van der Waals surface area (Å²) < 4.78 is 0. The topological polar surface area (TPSA) is 53.2 Å². The van der Waals surface area contributed by atoms with Gasteiger partial charge in [-0.2, -0.15) is 0 Å². The van der Waals surface area contributed by atoms with Gasteiger partial charge < -0.3 is 10.6 Å². The Balaban J connectivity index is 1.74. The molecule has 5 heteroatoms. The molecule has 0 atom stereocenters. The number of amides is 1. The lowest BCUT2D eigenvalue weighted by Gasteiger charge is -2.06. The molecule has 0 aliphatic carbocycles. The average molecular weight is 295 g/mol. The Kier molecular flexibility index (Phi) is 3.66. The first-order valence-electron chi connectivity index (χ1n) is 6.47. The highest BCUT2D eigenvalue weighted by atomic mass is 32.1. The number of carbonyl (C=O) groups excluding carboxylic acids is 1. The zero-order valence-electron chi connectivity index (χ0n) is 11.1. The Morgan fingerprint density at radius 2 is 1.57 bits per heavy atom. The fourth-order valence-corrected chi connectivity index (χ4v) is 2.20. The van der Waals surface area contributed by atoms with Crippen LogP contribution in [-0.2, 0) is 4.79 Å². The highest BCUT2D eigenvalue weighted by Crippen LogP contribution is 2.17. The van der Waals surface area contributed by atoms with Crippen molar-refractivity contribution in [3.05, 3.63) is 65.9 Å². The van der Waals surface area contributed by atoms with Gasteiger partial charge in [-0.3, -0.25) is 10.1 Å². The molecule has 104 valence electrons. The lowest BCUT2D eigenvalue weighted by atomic mass is 10.1. The number of anilines is 2. The number of carbonyl (C=O) groups is 1. The van der Waals surface area contributed by atoms with Crippen LogP contribution in [0.4, 0.5) is 11.4 Å². The molecule has 0 bridgehead atoms. The highest BCUT2D eigenvalue weighted by Gasteiger charge is 2.19. The zero-order chi connectivity index (χ0) is 14.7. The Hall–Kier alpha value is -2.66. The van der Waals surface area contributed by atoms with E-state index in [1.54, 1.807) is 6.08 Å². The molecule has 0 unspecified atom stereocenters. The lowest BCUT2D eigenvalue weighted by molar-refractivity contribution is -0.115. The fraction of sp³-hybridized carbons (Fsp3) is 0. The summed E-state index contributed by atoms with van der Waals surface area (Å²) in [4.78, 5) is 11.6. The summed E-state index contributed by atoms with van der Waals surface area (Å²) in [7, 11) is 0. The van der Waals surface area contributed by atoms with Gasteiger partial charge in [0.05, 0.1) is 0 Å². The maximum Gasteiger partial charge on any atom is 0.273 e. The molecule has 1 amide bonds. The van der Waals surface area contributed by atoms with Crippen LogP contribution in [-0.4, -0.2) is 11.0 Å². The van der Waals surface area contributed by atoms with Gasteiger partial charge in [0.2, 0.25) is 0 Å². The largest absolute Gasteiger partial charge is 0.356 e. The maximum absolute atomic E-state index is 11.6. The monoisotopic (exact) mass is 295 g/mol. The van der Waals surface area contributed by atoms with E-state index in [9.17, 15) is 4.79 Å². The van der Waals surface area contributed by atoms with Gasteiger partial charge in [-0.05, 0) is 48.1 Å². The van der Waals surface area contributed by atoms with Crippen LogP contribution in [0.3, 0.4) is 0 Å². The molecule has 1 aliphatic rings. The zero-order valence-corrected chi connectivity index (χ0v) is 11.9. The van der Waals surface area contributed by atoms with Crippen molar-refractivity contribution >= 4 is 40.7 Å². The van der Waals surface area contributed by atoms with E-state index in [0.29, 0.717) is 10.8 Å². The first-order valence-corrected chi connectivity index (χ1v) is 6.88. The second kappa shape index (κ2) is 5.76. The average Bonchev–Trinajstić information content (AvgIpc) is 2.80. The van der Waals surface area contributed by atoms with Gasteiger partial charge in [-0.25, -0.2) is 0 Å². The maximum atomic E-state index is 11.6. The van der Waals surface area contributed by atoms with E-state index in [2.05, 4.69) is 16.0 Å². The minimum absolute atomic E-state index is 0.202. The number of para-hydroxylation sites is 1. The Bertz CT molecular complexity index is 708. The summed E-state index contributed by atoms with van der Waals surface area (Å²) in [6.45, 7) is 0. The van der Waals surface area contributed by atoms with E-state index in [-0.39, 0.29) is 5.91 Å². The third-order valence-electron chi connectivity index (χ3n) is 3.00. The standard InChI is InChI=1S/C16H13N3OS/c20-15-14(18-16(21)19-15)10-11-6-8-13(9-7-11)17-12-4-2-1-3-5-12/h1-10,17H,(H2,18,19,20,21)/b14-10-. The van der Waals surface area contributed by atoms with Gasteiger partial charge in [0.1, 0.15) is 5.70 Å². The van der Waals surface area contributed by atoms with Crippen LogP contribution in [0.5, 0.6) is 0 Å². The number of benzene rings is 2. The Labute approximate surface area is 127 Å². The molecule has 0 radical (unpaired) electrons. The van der Waals surface area contributed by atoms with Gasteiger partial charge >= 0.3 is 0 Å². The fourth-order valence-electron chi connectivity index (χ4n) is 2.00. The van der Waals surface area contributed by atoms with Gasteiger partial charge in [0.15, 0.2) is 5.11 Å². The molecular weight excluding hydrogens is 282 g/mol. The molecule has 4 nitrogen and oxygen atoms in total. The molecule has 1 aliphatic heterocycles. The number of rotatable bonds is 3. The molecule has 3 rings (SSSR count). The molecule has 1 heterocycles. The number of nitrogens with one attached hydrogen (secondary N) is 3. The first kappa shape index (κ1) is 13.3. The molecule has 21 heavy (non-hydrogen) atoms. The summed E-state index contributed by atoms with van der Waals surface area (Å²) in [6, 6.07) is 17.7. The van der Waals surface area contributed by atoms with Crippen molar-refractivity contribution in [1.29, 1.82) is 0 Å². The van der Waals surface area contributed by atoms with Crippen LogP contribution < -0.4 is 16.0 Å². The van der Waals surface area contributed by atoms with E-state index in [1.165, 1.54) is 0 Å². The molecule has 0 aromatic heterocycles. The summed E-state index contributed by atoms with van der Waals surface area (Å²) >= 11 is 4.89. The van der Waals surface area contributed by atoms with Crippen molar-refractivity contribution in [3.63, 3.8) is 0 Å². The molecule has 3 N–H and O–H groups in total. The number of thiocarbonyl (C=S) groups is 1. The smallest absolute Gasteiger partial charge is 0.273 e. The molecule has 0 spiro atoms. The van der Waals surface area contributed by atoms with Gasteiger partial charge in [0, 0.05) is 11.4 Å². The van der Waals surface area contributed by atoms with Gasteiger partial charge in [-0.1, -0.05) is 30.3 Å². The Morgan fingerprint density at radius 3 is 2.19 bits per heavy atom. The van der Waals surface area contributed by atoms with Crippen LogP contribution in [0.1, 0.15) is 5.56 Å². The van der Waals surface area contributed by atoms with Crippen LogP contribution in [0, 0.1) is 0 Å². The summed E-state index contributed by atoms with van der Waals surface area (Å²) in [6.07, 6.45) is 1.76. The third-order valence-corrected chi connectivity index (χ3v) is 3.21. The number of hydrogen-bond donors (Lipinski definition) is 3. The van der Waals surface area contributed by atoms with E-state index in [1.807, 2.05) is 54.6 Å². The lowest BCUT2D eigenvalue weighted by Crippen LogP contribution is -2.21. The van der Waals surface area contributed by atoms with Gasteiger partial charge in [-0.15, -0.1) is 0 Å². The minimum Gasteiger partial charge on any atom is -0.356 e. The summed E-state index contributed by atoms with van der Waals surface area (Å²) in [5.74, 6) is -0.202.